The Morgan fingerprint density at radius 2 is 2.27 bits per heavy atom. The van der Waals surface area contributed by atoms with E-state index in [-0.39, 0.29) is 5.91 Å². The molecular formula is C11H12BrNO2. The van der Waals surface area contributed by atoms with Crippen LogP contribution in [0.15, 0.2) is 28.7 Å². The molecular weight excluding hydrogens is 258 g/mol. The first-order chi connectivity index (χ1) is 7.04. The molecule has 2 rings (SSSR count). The summed E-state index contributed by atoms with van der Waals surface area (Å²) in [5.74, 6) is -0.222. The van der Waals surface area contributed by atoms with Crippen molar-refractivity contribution in [3.8, 4) is 0 Å². The fourth-order valence-electron chi connectivity index (χ4n) is 1.87. The molecule has 1 N–H and O–H groups in total. The van der Waals surface area contributed by atoms with Crippen molar-refractivity contribution in [2.24, 2.45) is 0 Å². The summed E-state index contributed by atoms with van der Waals surface area (Å²) < 4.78 is 0.871. The molecule has 0 saturated carbocycles. The van der Waals surface area contributed by atoms with Crippen molar-refractivity contribution in [1.82, 2.24) is 4.90 Å². The van der Waals surface area contributed by atoms with Gasteiger partial charge in [-0.1, -0.05) is 28.1 Å². The Bertz CT molecular complexity index is 407. The standard InChI is InChI=1S/C11H12BrNO2/c1-13-6-5-11(15,10(13)14)8-3-2-4-9(12)7-8/h2-4,7,15H,5-6H2,1H3. The highest BCUT2D eigenvalue weighted by Crippen LogP contribution is 2.33. The van der Waals surface area contributed by atoms with Crippen LogP contribution in [0.25, 0.3) is 0 Å². The van der Waals surface area contributed by atoms with E-state index < -0.39 is 5.60 Å². The average molecular weight is 270 g/mol. The monoisotopic (exact) mass is 269 g/mol. The lowest BCUT2D eigenvalue weighted by Crippen LogP contribution is -2.36. The lowest BCUT2D eigenvalue weighted by molar-refractivity contribution is -0.143. The first kappa shape index (κ1) is 10.6. The van der Waals surface area contributed by atoms with Crippen LogP contribution >= 0.6 is 15.9 Å². The van der Waals surface area contributed by atoms with Gasteiger partial charge in [0.2, 0.25) is 0 Å². The molecule has 3 nitrogen and oxygen atoms in total. The molecule has 1 unspecified atom stereocenters. The molecule has 1 aliphatic rings. The summed E-state index contributed by atoms with van der Waals surface area (Å²) in [6, 6.07) is 7.26. The SMILES string of the molecule is CN1CCC(O)(c2cccc(Br)c2)C1=O. The number of benzene rings is 1. The molecule has 1 atom stereocenters. The van der Waals surface area contributed by atoms with E-state index in [9.17, 15) is 9.90 Å². The number of amides is 1. The van der Waals surface area contributed by atoms with Gasteiger partial charge in [-0.25, -0.2) is 0 Å². The number of aliphatic hydroxyl groups is 1. The number of rotatable bonds is 1. The highest BCUT2D eigenvalue weighted by atomic mass is 79.9. The Morgan fingerprint density at radius 1 is 1.53 bits per heavy atom. The Kier molecular flexibility index (Phi) is 2.56. The summed E-state index contributed by atoms with van der Waals surface area (Å²) in [6.45, 7) is 0.599. The zero-order valence-corrected chi connectivity index (χ0v) is 9.99. The van der Waals surface area contributed by atoms with Crippen molar-refractivity contribution in [1.29, 1.82) is 0 Å². The fraction of sp³-hybridized carbons (Fsp3) is 0.364. The largest absolute Gasteiger partial charge is 0.375 e. The van der Waals surface area contributed by atoms with Crippen LogP contribution in [0.1, 0.15) is 12.0 Å². The molecule has 1 amide bonds. The predicted octanol–water partition coefficient (Wildman–Crippen LogP) is 1.50. The second kappa shape index (κ2) is 3.61. The topological polar surface area (TPSA) is 40.5 Å². The fourth-order valence-corrected chi connectivity index (χ4v) is 2.27. The van der Waals surface area contributed by atoms with Crippen molar-refractivity contribution in [3.63, 3.8) is 0 Å². The Balaban J connectivity index is 2.42. The van der Waals surface area contributed by atoms with Gasteiger partial charge in [0.15, 0.2) is 5.60 Å². The maximum atomic E-state index is 11.8. The van der Waals surface area contributed by atoms with Gasteiger partial charge in [-0.2, -0.15) is 0 Å². The van der Waals surface area contributed by atoms with Crippen LogP contribution in [0.3, 0.4) is 0 Å². The molecule has 0 aromatic heterocycles. The minimum atomic E-state index is -1.33. The number of nitrogens with zero attached hydrogens (tertiary/aromatic N) is 1. The van der Waals surface area contributed by atoms with Gasteiger partial charge in [-0.05, 0) is 17.7 Å². The first-order valence-electron chi connectivity index (χ1n) is 4.78. The molecule has 1 aromatic rings. The first-order valence-corrected chi connectivity index (χ1v) is 5.57. The van der Waals surface area contributed by atoms with Crippen LogP contribution in [0.5, 0.6) is 0 Å². The Morgan fingerprint density at radius 3 is 2.80 bits per heavy atom. The van der Waals surface area contributed by atoms with Crippen molar-refractivity contribution in [3.05, 3.63) is 34.3 Å². The summed E-state index contributed by atoms with van der Waals surface area (Å²) >= 11 is 3.33. The number of likely N-dealkylation sites (N-methyl/N-ethyl adjacent to an activating group) is 1. The molecule has 0 spiro atoms. The van der Waals surface area contributed by atoms with Crippen molar-refractivity contribution in [2.75, 3.05) is 13.6 Å². The van der Waals surface area contributed by atoms with Crippen LogP contribution in [0, 0.1) is 0 Å². The lowest BCUT2D eigenvalue weighted by atomic mass is 9.92. The van der Waals surface area contributed by atoms with Gasteiger partial charge in [0.1, 0.15) is 0 Å². The van der Waals surface area contributed by atoms with E-state index in [1.165, 1.54) is 0 Å². The second-order valence-electron chi connectivity index (χ2n) is 3.85. The summed E-state index contributed by atoms with van der Waals surface area (Å²) in [5, 5.41) is 10.3. The van der Waals surface area contributed by atoms with E-state index in [0.29, 0.717) is 18.5 Å². The normalized spacial score (nSPS) is 26.1. The molecule has 0 radical (unpaired) electrons. The van der Waals surface area contributed by atoms with E-state index in [4.69, 9.17) is 0 Å². The zero-order valence-electron chi connectivity index (χ0n) is 8.40. The number of hydrogen-bond acceptors (Lipinski definition) is 2. The molecule has 4 heteroatoms. The predicted molar refractivity (Wildman–Crippen MR) is 60.3 cm³/mol. The quantitative estimate of drug-likeness (QED) is 0.840. The third-order valence-electron chi connectivity index (χ3n) is 2.81. The maximum absolute atomic E-state index is 11.8. The Hall–Kier alpha value is -0.870. The smallest absolute Gasteiger partial charge is 0.258 e. The van der Waals surface area contributed by atoms with E-state index >= 15 is 0 Å². The van der Waals surface area contributed by atoms with Crippen LogP contribution in [0.4, 0.5) is 0 Å². The average Bonchev–Trinajstić information content (AvgIpc) is 2.48. The third kappa shape index (κ3) is 1.68. The van der Waals surface area contributed by atoms with E-state index in [0.717, 1.165) is 4.47 Å². The third-order valence-corrected chi connectivity index (χ3v) is 3.30. The van der Waals surface area contributed by atoms with Crippen molar-refractivity contribution in [2.45, 2.75) is 12.0 Å². The van der Waals surface area contributed by atoms with Gasteiger partial charge in [0.25, 0.3) is 5.91 Å². The van der Waals surface area contributed by atoms with Gasteiger partial charge in [0, 0.05) is 24.5 Å². The van der Waals surface area contributed by atoms with Gasteiger partial charge in [0.05, 0.1) is 0 Å². The molecule has 80 valence electrons. The minimum Gasteiger partial charge on any atom is -0.375 e. The molecule has 1 fully saturated rings. The van der Waals surface area contributed by atoms with Crippen LogP contribution < -0.4 is 0 Å². The van der Waals surface area contributed by atoms with Gasteiger partial charge in [-0.15, -0.1) is 0 Å². The van der Waals surface area contributed by atoms with Gasteiger partial charge in [-0.3, -0.25) is 4.79 Å². The number of likely N-dealkylation sites (tertiary alicyclic amines) is 1. The number of hydrogen-bond donors (Lipinski definition) is 1. The van der Waals surface area contributed by atoms with E-state index in [1.54, 1.807) is 24.1 Å². The molecule has 1 heterocycles. The Labute approximate surface area is 96.8 Å². The molecule has 0 aliphatic carbocycles. The van der Waals surface area contributed by atoms with E-state index in [2.05, 4.69) is 15.9 Å². The number of carbonyl (C=O) groups excluding carboxylic acids is 1. The number of carbonyl (C=O) groups is 1. The number of halogens is 1. The highest BCUT2D eigenvalue weighted by Gasteiger charge is 2.45. The van der Waals surface area contributed by atoms with Gasteiger partial charge >= 0.3 is 0 Å². The summed E-state index contributed by atoms with van der Waals surface area (Å²) in [4.78, 5) is 13.4. The zero-order chi connectivity index (χ0) is 11.1. The van der Waals surface area contributed by atoms with Crippen LogP contribution in [-0.2, 0) is 10.4 Å². The lowest BCUT2D eigenvalue weighted by Gasteiger charge is -2.21. The molecule has 0 bridgehead atoms. The van der Waals surface area contributed by atoms with Crippen molar-refractivity contribution < 1.29 is 9.90 Å². The second-order valence-corrected chi connectivity index (χ2v) is 4.76. The van der Waals surface area contributed by atoms with E-state index in [1.807, 2.05) is 12.1 Å². The summed E-state index contributed by atoms with van der Waals surface area (Å²) in [5.41, 5.74) is -0.676. The summed E-state index contributed by atoms with van der Waals surface area (Å²) in [7, 11) is 1.71. The molecule has 1 aliphatic heterocycles. The molecule has 1 saturated heterocycles. The highest BCUT2D eigenvalue weighted by molar-refractivity contribution is 9.10. The molecule has 1 aromatic carbocycles. The van der Waals surface area contributed by atoms with Crippen molar-refractivity contribution >= 4 is 21.8 Å². The van der Waals surface area contributed by atoms with Gasteiger partial charge < -0.3 is 10.0 Å². The minimum absolute atomic E-state index is 0.222. The van der Waals surface area contributed by atoms with Crippen LogP contribution in [-0.4, -0.2) is 29.5 Å². The summed E-state index contributed by atoms with van der Waals surface area (Å²) in [6.07, 6.45) is 0.457. The maximum Gasteiger partial charge on any atom is 0.258 e. The van der Waals surface area contributed by atoms with Crippen LogP contribution in [0.2, 0.25) is 0 Å². The molecule has 15 heavy (non-hydrogen) atoms.